The van der Waals surface area contributed by atoms with Crippen LogP contribution in [0.5, 0.6) is 0 Å². The Balaban J connectivity index is 0.000000218. The molecule has 0 saturated carbocycles. The molecule has 548 valence electrons. The zero-order chi connectivity index (χ0) is 74.9. The number of rotatable bonds is 7. The average Bonchev–Trinajstić information content (AvgIpc) is 1.61. The van der Waals surface area contributed by atoms with Crippen molar-refractivity contribution in [2.24, 2.45) is 0 Å². The topological polar surface area (TPSA) is 180 Å². The van der Waals surface area contributed by atoms with E-state index in [1.165, 1.54) is 33.7 Å². The van der Waals surface area contributed by atoms with Crippen molar-refractivity contribution >= 4 is 55.1 Å². The van der Waals surface area contributed by atoms with E-state index in [0.717, 1.165) is 81.1 Å². The zero-order valence-corrected chi connectivity index (χ0v) is 70.1. The first kappa shape index (κ1) is 86.2. The summed E-state index contributed by atoms with van der Waals surface area (Å²) in [6, 6.07) is 44.3. The molecule has 2 aliphatic heterocycles. The normalized spacial score (nSPS) is 14.9. The molecule has 10 heterocycles. The van der Waals surface area contributed by atoms with Crippen LogP contribution in [0.15, 0.2) is 163 Å². The Bertz CT molecular complexity index is 4000. The Morgan fingerprint density at radius 1 is 0.529 bits per heavy atom. The Morgan fingerprint density at radius 2 is 0.961 bits per heavy atom. The van der Waals surface area contributed by atoms with Gasteiger partial charge in [-0.05, 0) is 219 Å². The van der Waals surface area contributed by atoms with Gasteiger partial charge in [0.2, 0.25) is 0 Å². The summed E-state index contributed by atoms with van der Waals surface area (Å²) in [7, 11) is -0.812. The van der Waals surface area contributed by atoms with Crippen LogP contribution in [0.2, 0.25) is 0 Å². The number of aromatic amines is 1. The summed E-state index contributed by atoms with van der Waals surface area (Å²) < 4.78 is 58.4. The molecule has 0 aliphatic carbocycles. The van der Waals surface area contributed by atoms with Gasteiger partial charge in [-0.25, -0.2) is 9.67 Å². The van der Waals surface area contributed by atoms with Crippen LogP contribution in [0, 0.1) is 20.8 Å². The SMILES string of the molecule is CC(C)(C)c1ccnc(-c2cc(C(F)(F)F)n[n-]2)c1.CC(C)(C)c1ccnc(Br)c1.C[PH+](C)c1ccccc1.C[PH+](C)c1ccccc1.Cc1cc(-c2cc(C(C)(C)C)ccn2)[n-]n1.Cc1cc(-c2cc(C(C)(C)C)ccn2)n[nH]1.Cc1cc(B2OC(C)(C)C(C)(C)O2)n(C2CCCCO2)n1.[Os+2]. The summed E-state index contributed by atoms with van der Waals surface area (Å²) in [5.41, 5.74) is 11.6. The Kier molecular flexibility index (Phi) is 31.7. The summed E-state index contributed by atoms with van der Waals surface area (Å²) in [5.74, 6) is 0. The van der Waals surface area contributed by atoms with Crippen LogP contribution in [0.3, 0.4) is 0 Å². The first-order chi connectivity index (χ1) is 47.0. The number of hydrogen-bond donors (Lipinski definition) is 1. The van der Waals surface area contributed by atoms with Crippen molar-refractivity contribution in [1.82, 2.24) is 60.3 Å². The molecule has 0 spiro atoms. The molecule has 1 N–H and O–H groups in total. The van der Waals surface area contributed by atoms with Crippen LogP contribution >= 0.6 is 31.8 Å². The van der Waals surface area contributed by atoms with Crippen LogP contribution in [0.4, 0.5) is 13.2 Å². The molecule has 12 rings (SSSR count). The van der Waals surface area contributed by atoms with Gasteiger partial charge in [0.05, 0.1) is 65.5 Å². The first-order valence-corrected chi connectivity index (χ1v) is 40.2. The van der Waals surface area contributed by atoms with Gasteiger partial charge in [-0.1, -0.05) is 137 Å². The summed E-state index contributed by atoms with van der Waals surface area (Å²) in [5, 5.41) is 29.6. The number of aromatic nitrogens is 12. The third kappa shape index (κ3) is 26.6. The van der Waals surface area contributed by atoms with E-state index in [2.05, 4.69) is 273 Å². The third-order valence-electron chi connectivity index (χ3n) is 17.0. The van der Waals surface area contributed by atoms with Gasteiger partial charge in [0, 0.05) is 70.0 Å². The number of ether oxygens (including phenoxy) is 1. The van der Waals surface area contributed by atoms with E-state index in [0.29, 0.717) is 5.69 Å². The molecule has 102 heavy (non-hydrogen) atoms. The third-order valence-corrected chi connectivity index (χ3v) is 20.4. The van der Waals surface area contributed by atoms with E-state index in [9.17, 15) is 13.2 Å². The maximum atomic E-state index is 12.5. The second kappa shape index (κ2) is 37.5. The fourth-order valence-electron chi connectivity index (χ4n) is 9.97. The van der Waals surface area contributed by atoms with Crippen LogP contribution in [0.25, 0.3) is 34.2 Å². The smallest absolute Gasteiger partial charge is 0.574 e. The quantitative estimate of drug-likeness (QED) is 0.0906. The fourth-order valence-corrected chi connectivity index (χ4v) is 12.1. The van der Waals surface area contributed by atoms with Crippen molar-refractivity contribution in [1.29, 1.82) is 0 Å². The molecule has 2 fully saturated rings. The molecule has 2 aliphatic rings. The largest absolute Gasteiger partial charge is 2.00 e. The van der Waals surface area contributed by atoms with Gasteiger partial charge in [0.15, 0.2) is 0 Å². The molecule has 1 atom stereocenters. The monoisotopic (exact) mass is 1670 g/mol. The van der Waals surface area contributed by atoms with Gasteiger partial charge in [0.1, 0.15) is 22.2 Å². The van der Waals surface area contributed by atoms with E-state index in [-0.39, 0.29) is 87.5 Å². The molecule has 2 aromatic carbocycles. The van der Waals surface area contributed by atoms with Gasteiger partial charge in [-0.2, -0.15) is 23.4 Å². The first-order valence-electron chi connectivity index (χ1n) is 34.4. The van der Waals surface area contributed by atoms with Gasteiger partial charge in [-0.15, -0.1) is 0 Å². The fraction of sp³-hybridized carbons (Fsp3) is 0.443. The molecule has 1 unspecified atom stereocenters. The molecule has 8 aromatic heterocycles. The number of nitrogens with zero attached hydrogens (tertiary/aromatic N) is 11. The van der Waals surface area contributed by atoms with Crippen LogP contribution in [-0.4, -0.2) is 102 Å². The molecule has 2 saturated heterocycles. The number of H-pyrrole nitrogens is 1. The van der Waals surface area contributed by atoms with E-state index < -0.39 is 11.9 Å². The number of alkyl halides is 3. The van der Waals surface area contributed by atoms with Gasteiger partial charge < -0.3 is 34.4 Å². The molecular weight excluding hydrogens is 1560 g/mol. The molecule has 23 heteroatoms. The van der Waals surface area contributed by atoms with Crippen LogP contribution in [0.1, 0.15) is 181 Å². The summed E-state index contributed by atoms with van der Waals surface area (Å²) >= 11 is 3.34. The Hall–Kier alpha value is -6.41. The minimum absolute atomic E-state index is 0. The minimum atomic E-state index is -4.48. The van der Waals surface area contributed by atoms with E-state index in [1.807, 2.05) is 101 Å². The van der Waals surface area contributed by atoms with Gasteiger partial charge >= 0.3 is 33.1 Å². The number of halogens is 4. The molecule has 0 bridgehead atoms. The zero-order valence-electron chi connectivity index (χ0n) is 64.0. The van der Waals surface area contributed by atoms with Crippen molar-refractivity contribution in [3.63, 3.8) is 0 Å². The number of pyridine rings is 4. The predicted molar refractivity (Wildman–Crippen MR) is 419 cm³/mol. The van der Waals surface area contributed by atoms with E-state index in [1.54, 1.807) is 12.3 Å². The molecular formula is C79H107BBrF3N12O3OsP2+2. The number of aryl methyl sites for hydroxylation is 3. The van der Waals surface area contributed by atoms with Crippen molar-refractivity contribution < 1.29 is 47.0 Å². The number of hydrogen-bond acceptors (Lipinski definition) is 11. The van der Waals surface area contributed by atoms with E-state index >= 15 is 0 Å². The summed E-state index contributed by atoms with van der Waals surface area (Å²) in [4.78, 5) is 16.8. The summed E-state index contributed by atoms with van der Waals surface area (Å²) in [6.45, 7) is 50.0. The van der Waals surface area contributed by atoms with E-state index in [4.69, 9.17) is 14.0 Å². The molecule has 0 radical (unpaired) electrons. The second-order valence-corrected chi connectivity index (χ2v) is 36.8. The molecule has 0 amide bonds. The number of nitrogens with one attached hydrogen (secondary N) is 1. The molecule has 10 aromatic rings. The molecule has 15 nitrogen and oxygen atoms in total. The Morgan fingerprint density at radius 3 is 1.32 bits per heavy atom. The number of benzene rings is 2. The predicted octanol–water partition coefficient (Wildman–Crippen LogP) is 18.1. The van der Waals surface area contributed by atoms with Crippen molar-refractivity contribution in [2.45, 2.75) is 196 Å². The van der Waals surface area contributed by atoms with Gasteiger partial charge in [-0.3, -0.25) is 20.1 Å². The maximum absolute atomic E-state index is 12.5. The second-order valence-electron chi connectivity index (χ2n) is 30.9. The minimum Gasteiger partial charge on any atom is -0.574 e. The van der Waals surface area contributed by atoms with Crippen molar-refractivity contribution in [3.05, 3.63) is 208 Å². The van der Waals surface area contributed by atoms with Crippen molar-refractivity contribution in [3.8, 4) is 34.2 Å². The summed E-state index contributed by atoms with van der Waals surface area (Å²) in [6.07, 6.45) is 5.89. The van der Waals surface area contributed by atoms with Crippen LogP contribution in [-0.2, 0) is 61.7 Å². The Labute approximate surface area is 629 Å². The standard InChI is InChI=1S/C15H25BN2O3.C13H13F3N3.C13H17N3.C13H16N3.C9H12BrN.2C8H11P.Os/c1-11-10-12(16-20-14(2,3)15(4,5)21-16)18(17-11)13-8-6-7-9-19-13;1-12(2,3)8-4-5-17-9(6-8)10-7-11(19-18-10)13(14,15)16;2*1-9-7-12(16-15-9)11-8-10(5-6-14-11)13(2,3)4;1-9(2,3)7-4-5-11-8(10)6-7;2*1-9(2)8-6-4-3-5-7-8;/h10,13H,6-9H2,1-5H3;4-7H,1-3H3;5-8H,1-4H3,(H,15,16);5-8H,1-4H3;4-6H,1-3H3;2*3-7H,1-2H3;/q;-1;;-1;;;;+2/p+2. The average molecular weight is 1670 g/mol. The maximum Gasteiger partial charge on any atom is 2.00 e. The van der Waals surface area contributed by atoms with Crippen LogP contribution < -0.4 is 26.4 Å². The van der Waals surface area contributed by atoms with Crippen molar-refractivity contribution in [2.75, 3.05) is 33.3 Å². The van der Waals surface area contributed by atoms with Gasteiger partial charge in [0.25, 0.3) is 0 Å².